The number of piperidine rings is 1. The van der Waals surface area contributed by atoms with Crippen molar-refractivity contribution in [3.63, 3.8) is 0 Å². The maximum Gasteiger partial charge on any atom is 0.328 e. The first-order valence-electron chi connectivity index (χ1n) is 8.94. The predicted octanol–water partition coefficient (Wildman–Crippen LogP) is 2.74. The van der Waals surface area contributed by atoms with Crippen LogP contribution < -0.4 is 4.90 Å². The van der Waals surface area contributed by atoms with E-state index in [1.807, 2.05) is 0 Å². The van der Waals surface area contributed by atoms with Gasteiger partial charge < -0.3 is 20.0 Å². The fourth-order valence-electron chi connectivity index (χ4n) is 2.91. The second-order valence-corrected chi connectivity index (χ2v) is 6.65. The number of likely N-dealkylation sites (tertiary alicyclic amines) is 1. The monoisotopic (exact) mass is 362 g/mol. The van der Waals surface area contributed by atoms with Crippen LogP contribution in [0.4, 0.5) is 5.69 Å². The second kappa shape index (κ2) is 11.3. The van der Waals surface area contributed by atoms with Gasteiger partial charge in [0, 0.05) is 31.9 Å². The molecule has 1 heterocycles. The van der Waals surface area contributed by atoms with Crippen LogP contribution in [-0.4, -0.2) is 60.8 Å². The third kappa shape index (κ3) is 8.67. The van der Waals surface area contributed by atoms with Gasteiger partial charge in [0.2, 0.25) is 0 Å². The summed E-state index contributed by atoms with van der Waals surface area (Å²) in [6.45, 7) is 6.05. The molecular formula is C20H30N2O4. The van der Waals surface area contributed by atoms with Gasteiger partial charge in [-0.25, -0.2) is 9.59 Å². The Bertz CT molecular complexity index is 572. The SMILES string of the molecule is CCN1CCC(Cc2ccc(N(C)C)cc2)CC1.O=C(O)/C=C/C(=O)O. The van der Waals surface area contributed by atoms with Crippen molar-refractivity contribution in [2.24, 2.45) is 5.92 Å². The van der Waals surface area contributed by atoms with Crippen molar-refractivity contribution in [2.75, 3.05) is 38.6 Å². The van der Waals surface area contributed by atoms with Crippen LogP contribution in [0.1, 0.15) is 25.3 Å². The number of carboxylic acid groups (broad SMARTS) is 2. The normalized spacial score (nSPS) is 15.3. The lowest BCUT2D eigenvalue weighted by atomic mass is 9.90. The first-order chi connectivity index (χ1) is 12.3. The molecule has 0 spiro atoms. The summed E-state index contributed by atoms with van der Waals surface area (Å²) >= 11 is 0. The molecule has 1 aliphatic rings. The molecule has 2 N–H and O–H groups in total. The summed E-state index contributed by atoms with van der Waals surface area (Å²) in [5.41, 5.74) is 2.79. The fraction of sp³-hybridized carbons (Fsp3) is 0.500. The van der Waals surface area contributed by atoms with Crippen molar-refractivity contribution in [3.05, 3.63) is 42.0 Å². The first-order valence-corrected chi connectivity index (χ1v) is 8.94. The van der Waals surface area contributed by atoms with Crippen LogP contribution in [0.2, 0.25) is 0 Å². The maximum atomic E-state index is 9.55. The van der Waals surface area contributed by atoms with Crippen molar-refractivity contribution in [2.45, 2.75) is 26.2 Å². The first kappa shape index (κ1) is 21.7. The number of benzene rings is 1. The van der Waals surface area contributed by atoms with Gasteiger partial charge in [0.1, 0.15) is 0 Å². The number of carbonyl (C=O) groups is 2. The van der Waals surface area contributed by atoms with Crippen molar-refractivity contribution in [1.82, 2.24) is 4.90 Å². The minimum Gasteiger partial charge on any atom is -0.478 e. The molecule has 0 radical (unpaired) electrons. The number of nitrogens with zero attached hydrogens (tertiary/aromatic N) is 2. The van der Waals surface area contributed by atoms with Crippen molar-refractivity contribution in [3.8, 4) is 0 Å². The highest BCUT2D eigenvalue weighted by Gasteiger charge is 2.18. The molecule has 0 aliphatic carbocycles. The quantitative estimate of drug-likeness (QED) is 0.758. The Morgan fingerprint density at radius 1 is 1.08 bits per heavy atom. The number of aliphatic carboxylic acids is 2. The van der Waals surface area contributed by atoms with E-state index in [1.165, 1.54) is 50.1 Å². The molecule has 1 fully saturated rings. The summed E-state index contributed by atoms with van der Waals surface area (Å²) in [5, 5.41) is 15.6. The van der Waals surface area contributed by atoms with E-state index in [1.54, 1.807) is 0 Å². The summed E-state index contributed by atoms with van der Waals surface area (Å²) < 4.78 is 0. The van der Waals surface area contributed by atoms with Gasteiger partial charge in [-0.1, -0.05) is 19.1 Å². The standard InChI is InChI=1S/C16H26N2.C4H4O4/c1-4-18-11-9-15(10-12-18)13-14-5-7-16(8-6-14)17(2)3;5-3(6)1-2-4(7)8/h5-8,15H,4,9-13H2,1-3H3;1-2H,(H,5,6)(H,7,8)/b;2-1+. The highest BCUT2D eigenvalue weighted by Crippen LogP contribution is 2.22. The molecule has 0 amide bonds. The highest BCUT2D eigenvalue weighted by molar-refractivity contribution is 5.89. The average molecular weight is 362 g/mol. The van der Waals surface area contributed by atoms with Crippen LogP contribution in [0, 0.1) is 5.92 Å². The zero-order valence-corrected chi connectivity index (χ0v) is 15.9. The molecular weight excluding hydrogens is 332 g/mol. The van der Waals surface area contributed by atoms with Crippen molar-refractivity contribution >= 4 is 17.6 Å². The number of carboxylic acids is 2. The molecule has 0 atom stereocenters. The van der Waals surface area contributed by atoms with Crippen LogP contribution in [0.3, 0.4) is 0 Å². The Hall–Kier alpha value is -2.34. The van der Waals surface area contributed by atoms with E-state index < -0.39 is 11.9 Å². The summed E-state index contributed by atoms with van der Waals surface area (Å²) in [5.74, 6) is -1.63. The molecule has 144 valence electrons. The van der Waals surface area contributed by atoms with Gasteiger partial charge in [0.05, 0.1) is 0 Å². The lowest BCUT2D eigenvalue weighted by Gasteiger charge is -2.31. The lowest BCUT2D eigenvalue weighted by Crippen LogP contribution is -2.34. The van der Waals surface area contributed by atoms with E-state index in [0.717, 1.165) is 5.92 Å². The minimum atomic E-state index is -1.26. The summed E-state index contributed by atoms with van der Waals surface area (Å²) in [4.78, 5) is 23.8. The highest BCUT2D eigenvalue weighted by atomic mass is 16.4. The molecule has 1 aliphatic heterocycles. The number of hydrogen-bond acceptors (Lipinski definition) is 4. The summed E-state index contributed by atoms with van der Waals surface area (Å²) in [7, 11) is 4.19. The van der Waals surface area contributed by atoms with Gasteiger partial charge >= 0.3 is 11.9 Å². The largest absolute Gasteiger partial charge is 0.478 e. The Labute approximate surface area is 155 Å². The Morgan fingerprint density at radius 2 is 1.58 bits per heavy atom. The summed E-state index contributed by atoms with van der Waals surface area (Å²) in [6.07, 6.45) is 5.10. The van der Waals surface area contributed by atoms with Gasteiger partial charge in [-0.15, -0.1) is 0 Å². The number of rotatable bonds is 6. The molecule has 2 rings (SSSR count). The second-order valence-electron chi connectivity index (χ2n) is 6.65. The smallest absolute Gasteiger partial charge is 0.328 e. The molecule has 1 saturated heterocycles. The van der Waals surface area contributed by atoms with Crippen LogP contribution in [0.5, 0.6) is 0 Å². The Balaban J connectivity index is 0.000000359. The van der Waals surface area contributed by atoms with Crippen molar-refractivity contribution in [1.29, 1.82) is 0 Å². The lowest BCUT2D eigenvalue weighted by molar-refractivity contribution is -0.134. The average Bonchev–Trinajstić information content (AvgIpc) is 2.61. The van der Waals surface area contributed by atoms with Crippen LogP contribution in [0.25, 0.3) is 0 Å². The molecule has 6 heteroatoms. The minimum absolute atomic E-state index is 0.558. The van der Waals surface area contributed by atoms with Crippen LogP contribution in [-0.2, 0) is 16.0 Å². The zero-order valence-electron chi connectivity index (χ0n) is 15.9. The fourth-order valence-corrected chi connectivity index (χ4v) is 2.91. The topological polar surface area (TPSA) is 81.1 Å². The van der Waals surface area contributed by atoms with Gasteiger partial charge in [-0.2, -0.15) is 0 Å². The van der Waals surface area contributed by atoms with Crippen LogP contribution >= 0.6 is 0 Å². The van der Waals surface area contributed by atoms with Crippen molar-refractivity contribution < 1.29 is 19.8 Å². The Morgan fingerprint density at radius 3 is 1.96 bits per heavy atom. The van der Waals surface area contributed by atoms with E-state index in [0.29, 0.717) is 12.2 Å². The van der Waals surface area contributed by atoms with Gasteiger partial charge in [-0.05, 0) is 62.5 Å². The number of anilines is 1. The maximum absolute atomic E-state index is 9.55. The Kier molecular flexibility index (Phi) is 9.44. The van der Waals surface area contributed by atoms with Gasteiger partial charge in [0.25, 0.3) is 0 Å². The molecule has 1 aromatic rings. The molecule has 0 bridgehead atoms. The molecule has 26 heavy (non-hydrogen) atoms. The van der Waals surface area contributed by atoms with E-state index in [-0.39, 0.29) is 0 Å². The zero-order chi connectivity index (χ0) is 19.5. The molecule has 0 aromatic heterocycles. The van der Waals surface area contributed by atoms with Gasteiger partial charge in [-0.3, -0.25) is 0 Å². The van der Waals surface area contributed by atoms with E-state index in [9.17, 15) is 9.59 Å². The third-order valence-electron chi connectivity index (χ3n) is 4.50. The molecule has 1 aromatic carbocycles. The van der Waals surface area contributed by atoms with E-state index in [2.05, 4.69) is 55.1 Å². The number of hydrogen-bond donors (Lipinski definition) is 2. The van der Waals surface area contributed by atoms with E-state index >= 15 is 0 Å². The third-order valence-corrected chi connectivity index (χ3v) is 4.50. The van der Waals surface area contributed by atoms with Gasteiger partial charge in [0.15, 0.2) is 0 Å². The predicted molar refractivity (Wildman–Crippen MR) is 104 cm³/mol. The molecule has 6 nitrogen and oxygen atoms in total. The summed E-state index contributed by atoms with van der Waals surface area (Å²) in [6, 6.07) is 9.05. The van der Waals surface area contributed by atoms with Crippen LogP contribution in [0.15, 0.2) is 36.4 Å². The molecule has 0 saturated carbocycles. The van der Waals surface area contributed by atoms with E-state index in [4.69, 9.17) is 10.2 Å². The molecule has 0 unspecified atom stereocenters.